The normalized spacial score (nSPS) is 19.4. The van der Waals surface area contributed by atoms with Gasteiger partial charge in [-0.2, -0.15) is 0 Å². The van der Waals surface area contributed by atoms with Crippen LogP contribution in [0.3, 0.4) is 0 Å². The summed E-state index contributed by atoms with van der Waals surface area (Å²) in [6.45, 7) is 7.69. The summed E-state index contributed by atoms with van der Waals surface area (Å²) >= 11 is 0. The smallest absolute Gasteiger partial charge is 0.352 e. The van der Waals surface area contributed by atoms with Crippen LogP contribution in [0.15, 0.2) is 29.1 Å². The van der Waals surface area contributed by atoms with Crippen molar-refractivity contribution in [1.29, 1.82) is 0 Å². The van der Waals surface area contributed by atoms with Crippen molar-refractivity contribution in [1.82, 2.24) is 29.4 Å². The van der Waals surface area contributed by atoms with Gasteiger partial charge in [-0.25, -0.2) is 13.9 Å². The lowest BCUT2D eigenvalue weighted by molar-refractivity contribution is -0.124. The number of fused-ring (bicyclic) bond motifs is 3. The van der Waals surface area contributed by atoms with Gasteiger partial charge in [-0.3, -0.25) is 14.2 Å². The Morgan fingerprint density at radius 2 is 1.75 bits per heavy atom. The number of amides is 2. The van der Waals surface area contributed by atoms with Crippen LogP contribution in [0.4, 0.5) is 0 Å². The van der Waals surface area contributed by atoms with Crippen LogP contribution in [0, 0.1) is 5.92 Å². The van der Waals surface area contributed by atoms with Crippen molar-refractivity contribution in [3.05, 3.63) is 34.7 Å². The van der Waals surface area contributed by atoms with E-state index in [1.807, 2.05) is 45.0 Å². The van der Waals surface area contributed by atoms with Gasteiger partial charge in [0, 0.05) is 11.6 Å². The van der Waals surface area contributed by atoms with E-state index >= 15 is 0 Å². The molecule has 1 aliphatic rings. The maximum absolute atomic E-state index is 13.1. The summed E-state index contributed by atoms with van der Waals surface area (Å²) in [5.74, 6) is 0.420. The van der Waals surface area contributed by atoms with Crippen LogP contribution in [0.25, 0.3) is 16.8 Å². The average molecular weight is 441 g/mol. The molecule has 2 aromatic heterocycles. The molecule has 32 heavy (non-hydrogen) atoms. The fourth-order valence-electron chi connectivity index (χ4n) is 4.55. The Kier molecular flexibility index (Phi) is 5.83. The zero-order valence-corrected chi connectivity index (χ0v) is 19.2. The zero-order valence-electron chi connectivity index (χ0n) is 19.2. The molecule has 2 N–H and O–H groups in total. The topological polar surface area (TPSA) is 102 Å². The molecule has 172 valence electrons. The highest BCUT2D eigenvalue weighted by molar-refractivity contribution is 5.84. The van der Waals surface area contributed by atoms with Gasteiger partial charge in [-0.15, -0.1) is 5.10 Å². The van der Waals surface area contributed by atoms with Crippen molar-refractivity contribution in [2.24, 2.45) is 5.92 Å². The number of imidazole rings is 1. The number of para-hydroxylation sites is 2. The second-order valence-electron chi connectivity index (χ2n) is 9.88. The summed E-state index contributed by atoms with van der Waals surface area (Å²) in [5, 5.41) is 10.4. The lowest BCUT2D eigenvalue weighted by atomic mass is 9.86. The van der Waals surface area contributed by atoms with Gasteiger partial charge in [0.15, 0.2) is 0 Å². The number of benzene rings is 1. The van der Waals surface area contributed by atoms with Crippen LogP contribution in [-0.4, -0.2) is 42.1 Å². The summed E-state index contributed by atoms with van der Waals surface area (Å²) in [5.41, 5.74) is 0.607. The van der Waals surface area contributed by atoms with E-state index in [4.69, 9.17) is 0 Å². The zero-order chi connectivity index (χ0) is 23.0. The summed E-state index contributed by atoms with van der Waals surface area (Å²) in [4.78, 5) is 38.4. The minimum Gasteiger partial charge on any atom is -0.352 e. The van der Waals surface area contributed by atoms with Gasteiger partial charge < -0.3 is 10.6 Å². The van der Waals surface area contributed by atoms with Gasteiger partial charge in [-0.1, -0.05) is 31.9 Å². The number of rotatable bonds is 5. The highest BCUT2D eigenvalue weighted by Gasteiger charge is 2.25. The van der Waals surface area contributed by atoms with Crippen molar-refractivity contribution in [3.63, 3.8) is 0 Å². The van der Waals surface area contributed by atoms with Crippen molar-refractivity contribution in [2.75, 3.05) is 0 Å². The molecule has 9 heteroatoms. The van der Waals surface area contributed by atoms with Crippen molar-refractivity contribution in [2.45, 2.75) is 78.0 Å². The van der Waals surface area contributed by atoms with E-state index in [1.54, 1.807) is 4.57 Å². The van der Waals surface area contributed by atoms with E-state index in [2.05, 4.69) is 22.7 Å². The quantitative estimate of drug-likeness (QED) is 0.634. The Bertz CT molecular complexity index is 1210. The summed E-state index contributed by atoms with van der Waals surface area (Å²) < 4.78 is 4.37. The second-order valence-corrected chi connectivity index (χ2v) is 9.88. The van der Waals surface area contributed by atoms with Crippen molar-refractivity contribution in [3.8, 4) is 0 Å². The van der Waals surface area contributed by atoms with Crippen LogP contribution in [0.1, 0.15) is 53.4 Å². The number of nitrogens with zero attached hydrogens (tertiary/aromatic N) is 4. The maximum atomic E-state index is 13.1. The lowest BCUT2D eigenvalue weighted by Gasteiger charge is -2.29. The SMILES string of the molecule is C[C@@H]1CCCC[C@H]1NC(=O)Cn1c2ccccc2n2c(=O)n(CC(=O)NC(C)(C)C)nc12. The first-order chi connectivity index (χ1) is 15.1. The third-order valence-electron chi connectivity index (χ3n) is 6.04. The van der Waals surface area contributed by atoms with Gasteiger partial charge >= 0.3 is 5.69 Å². The maximum Gasteiger partial charge on any atom is 0.352 e. The lowest BCUT2D eigenvalue weighted by Crippen LogP contribution is -2.43. The minimum absolute atomic E-state index is 0.0604. The van der Waals surface area contributed by atoms with Crippen LogP contribution in [0.2, 0.25) is 0 Å². The Morgan fingerprint density at radius 1 is 1.06 bits per heavy atom. The third-order valence-corrected chi connectivity index (χ3v) is 6.04. The van der Waals surface area contributed by atoms with Gasteiger partial charge in [0.05, 0.1) is 11.0 Å². The van der Waals surface area contributed by atoms with Gasteiger partial charge in [0.1, 0.15) is 13.1 Å². The Labute approximate surface area is 186 Å². The van der Waals surface area contributed by atoms with Gasteiger partial charge in [0.2, 0.25) is 17.6 Å². The molecule has 1 aromatic carbocycles. The predicted molar refractivity (Wildman–Crippen MR) is 122 cm³/mol. The standard InChI is InChI=1S/C23H32N6O3/c1-15-9-5-6-10-16(15)24-19(30)13-27-17-11-7-8-12-18(17)29-21(27)26-28(22(29)32)14-20(31)25-23(2,3)4/h7-8,11-12,15-16H,5-6,9-10,13-14H2,1-4H3,(H,24,30)(H,25,31)/t15-,16-/m1/s1. The first-order valence-corrected chi connectivity index (χ1v) is 11.3. The molecule has 2 amide bonds. The van der Waals surface area contributed by atoms with E-state index in [1.165, 1.54) is 10.8 Å². The molecule has 9 nitrogen and oxygen atoms in total. The first-order valence-electron chi connectivity index (χ1n) is 11.3. The fraction of sp³-hybridized carbons (Fsp3) is 0.565. The van der Waals surface area contributed by atoms with E-state index in [0.29, 0.717) is 17.2 Å². The molecule has 0 unspecified atom stereocenters. The molecule has 0 spiro atoms. The Hall–Kier alpha value is -3.10. The second kappa shape index (κ2) is 8.44. The highest BCUT2D eigenvalue weighted by atomic mass is 16.2. The summed E-state index contributed by atoms with van der Waals surface area (Å²) in [6.07, 6.45) is 4.45. The Balaban J connectivity index is 1.66. The molecule has 2 atom stereocenters. The molecular weight excluding hydrogens is 408 g/mol. The molecule has 0 saturated heterocycles. The molecule has 0 radical (unpaired) electrons. The van der Waals surface area contributed by atoms with Crippen molar-refractivity contribution < 1.29 is 9.59 Å². The predicted octanol–water partition coefficient (Wildman–Crippen LogP) is 2.06. The highest BCUT2D eigenvalue weighted by Crippen LogP contribution is 2.24. The van der Waals surface area contributed by atoms with Crippen LogP contribution >= 0.6 is 0 Å². The number of carbonyl (C=O) groups is 2. The van der Waals surface area contributed by atoms with Gasteiger partial charge in [-0.05, 0) is 51.7 Å². The average Bonchev–Trinajstić information content (AvgIpc) is 3.18. The van der Waals surface area contributed by atoms with E-state index < -0.39 is 11.2 Å². The van der Waals surface area contributed by atoms with Crippen LogP contribution in [0.5, 0.6) is 0 Å². The number of aromatic nitrogens is 4. The van der Waals surface area contributed by atoms with E-state index in [9.17, 15) is 14.4 Å². The molecule has 4 rings (SSSR count). The fourth-order valence-corrected chi connectivity index (χ4v) is 4.55. The largest absolute Gasteiger partial charge is 0.352 e. The van der Waals surface area contributed by atoms with Crippen LogP contribution < -0.4 is 16.3 Å². The number of carbonyl (C=O) groups excluding carboxylic acids is 2. The monoisotopic (exact) mass is 440 g/mol. The molecular formula is C23H32N6O3. The molecule has 1 saturated carbocycles. The number of hydrogen-bond acceptors (Lipinski definition) is 4. The van der Waals surface area contributed by atoms with E-state index in [0.717, 1.165) is 29.5 Å². The third kappa shape index (κ3) is 4.42. The number of nitrogens with one attached hydrogen (secondary N) is 2. The van der Waals surface area contributed by atoms with E-state index in [-0.39, 0.29) is 30.9 Å². The molecule has 2 heterocycles. The minimum atomic E-state index is -0.407. The summed E-state index contributed by atoms with van der Waals surface area (Å²) in [6, 6.07) is 7.58. The van der Waals surface area contributed by atoms with Gasteiger partial charge in [0.25, 0.3) is 0 Å². The molecule has 0 bridgehead atoms. The van der Waals surface area contributed by atoms with Crippen LogP contribution in [-0.2, 0) is 22.7 Å². The first kappa shape index (κ1) is 22.1. The Morgan fingerprint density at radius 3 is 2.44 bits per heavy atom. The molecule has 3 aromatic rings. The summed E-state index contributed by atoms with van der Waals surface area (Å²) in [7, 11) is 0. The molecule has 0 aliphatic heterocycles. The van der Waals surface area contributed by atoms with Crippen molar-refractivity contribution >= 4 is 28.6 Å². The molecule has 1 fully saturated rings. The molecule has 1 aliphatic carbocycles. The number of hydrogen-bond donors (Lipinski definition) is 2.